The van der Waals surface area contributed by atoms with Crippen LogP contribution in [0.15, 0.2) is 54.6 Å². The van der Waals surface area contributed by atoms with Gasteiger partial charge in [0.2, 0.25) is 5.91 Å². The van der Waals surface area contributed by atoms with Crippen LogP contribution in [0.25, 0.3) is 0 Å². The molecule has 0 spiro atoms. The highest BCUT2D eigenvalue weighted by Gasteiger charge is 2.52. The third kappa shape index (κ3) is 4.50. The molecule has 0 aromatic heterocycles. The Morgan fingerprint density at radius 1 is 1.00 bits per heavy atom. The monoisotopic (exact) mass is 404 g/mol. The number of carbonyl (C=O) groups excluding carboxylic acids is 1. The number of anilines is 1. The largest absolute Gasteiger partial charge is 0.325 e. The normalized spacial score (nSPS) is 20.0. The van der Waals surface area contributed by atoms with Crippen LogP contribution < -0.4 is 5.32 Å². The lowest BCUT2D eigenvalue weighted by molar-refractivity contribution is -0.118. The average Bonchev–Trinajstić information content (AvgIpc) is 2.84. The molecule has 1 atom stereocenters. The zero-order valence-corrected chi connectivity index (χ0v) is 18.1. The van der Waals surface area contributed by atoms with E-state index in [0.29, 0.717) is 0 Å². The van der Waals surface area contributed by atoms with Crippen molar-refractivity contribution in [2.75, 3.05) is 26.0 Å². The molecule has 1 aliphatic heterocycles. The molecule has 2 aromatic carbocycles. The van der Waals surface area contributed by atoms with E-state index in [2.05, 4.69) is 62.4 Å². The number of para-hydroxylation sites is 1. The fraction of sp³-hybridized carbons (Fsp3) is 0.409. The topological polar surface area (TPSA) is 32.3 Å². The minimum Gasteiger partial charge on any atom is -0.325 e. The van der Waals surface area contributed by atoms with Crippen LogP contribution in [0.5, 0.6) is 0 Å². The standard InChI is InChI=1S/C22H28N2OS.ClH/c1-21(2)18-13-8-9-14-19(18)22(26-21,15-10-16-24(3)4)20(25)23-17-11-6-5-7-12-17;/h5-9,11-14H,10,15-16H2,1-4H3,(H,23,25);1H. The predicted octanol–water partition coefficient (Wildman–Crippen LogP) is 5.27. The summed E-state index contributed by atoms with van der Waals surface area (Å²) in [5, 5.41) is 3.17. The number of carbonyl (C=O) groups is 1. The second kappa shape index (κ2) is 8.68. The molecule has 0 saturated carbocycles. The van der Waals surface area contributed by atoms with Gasteiger partial charge >= 0.3 is 0 Å². The van der Waals surface area contributed by atoms with E-state index in [9.17, 15) is 4.79 Å². The van der Waals surface area contributed by atoms with E-state index in [1.54, 1.807) is 11.8 Å². The summed E-state index contributed by atoms with van der Waals surface area (Å²) in [6.07, 6.45) is 1.81. The molecule has 1 amide bonds. The first-order valence-electron chi connectivity index (χ1n) is 9.16. The van der Waals surface area contributed by atoms with Gasteiger partial charge in [0.25, 0.3) is 0 Å². The summed E-state index contributed by atoms with van der Waals surface area (Å²) in [4.78, 5) is 15.7. The number of thioether (sulfide) groups is 1. The number of rotatable bonds is 6. The Labute approximate surface area is 173 Å². The molecule has 27 heavy (non-hydrogen) atoms. The van der Waals surface area contributed by atoms with Crippen molar-refractivity contribution in [2.24, 2.45) is 0 Å². The molecule has 0 saturated heterocycles. The van der Waals surface area contributed by atoms with Crippen LogP contribution in [0, 0.1) is 0 Å². The van der Waals surface area contributed by atoms with Gasteiger partial charge in [-0.25, -0.2) is 0 Å². The second-order valence-corrected chi connectivity index (χ2v) is 9.63. The van der Waals surface area contributed by atoms with Crippen LogP contribution in [-0.2, 0) is 14.3 Å². The van der Waals surface area contributed by atoms with Crippen molar-refractivity contribution in [3.8, 4) is 0 Å². The molecule has 1 aliphatic rings. The van der Waals surface area contributed by atoms with E-state index in [1.807, 2.05) is 30.3 Å². The van der Waals surface area contributed by atoms with Gasteiger partial charge in [-0.3, -0.25) is 4.79 Å². The summed E-state index contributed by atoms with van der Waals surface area (Å²) < 4.78 is -0.630. The van der Waals surface area contributed by atoms with Gasteiger partial charge in [-0.15, -0.1) is 24.2 Å². The number of nitrogens with one attached hydrogen (secondary N) is 1. The molecule has 0 radical (unpaired) electrons. The molecular weight excluding hydrogens is 376 g/mol. The third-order valence-corrected chi connectivity index (χ3v) is 6.66. The first-order valence-corrected chi connectivity index (χ1v) is 9.98. The summed E-state index contributed by atoms with van der Waals surface area (Å²) in [6, 6.07) is 18.2. The fourth-order valence-corrected chi connectivity index (χ4v) is 5.61. The fourth-order valence-electron chi connectivity index (χ4n) is 3.77. The van der Waals surface area contributed by atoms with Crippen molar-refractivity contribution in [3.05, 3.63) is 65.7 Å². The number of hydrogen-bond donors (Lipinski definition) is 1. The van der Waals surface area contributed by atoms with Crippen LogP contribution >= 0.6 is 24.2 Å². The lowest BCUT2D eigenvalue weighted by atomic mass is 9.85. The van der Waals surface area contributed by atoms with Crippen molar-refractivity contribution in [1.82, 2.24) is 4.90 Å². The molecule has 3 rings (SSSR count). The Bertz CT molecular complexity index is 779. The minimum absolute atomic E-state index is 0. The quantitative estimate of drug-likeness (QED) is 0.712. The van der Waals surface area contributed by atoms with E-state index in [1.165, 1.54) is 11.1 Å². The zero-order valence-electron chi connectivity index (χ0n) is 16.5. The van der Waals surface area contributed by atoms with Gasteiger partial charge in [0, 0.05) is 10.4 Å². The highest BCUT2D eigenvalue weighted by molar-refractivity contribution is 8.02. The second-order valence-electron chi connectivity index (χ2n) is 7.71. The SMILES string of the molecule is CN(C)CCCC1(C(=O)Nc2ccccc2)SC(C)(C)c2ccccc21.Cl. The predicted molar refractivity (Wildman–Crippen MR) is 119 cm³/mol. The van der Waals surface area contributed by atoms with Gasteiger partial charge < -0.3 is 10.2 Å². The number of nitrogens with zero attached hydrogens (tertiary/aromatic N) is 1. The molecule has 0 bridgehead atoms. The number of amides is 1. The molecule has 5 heteroatoms. The summed E-state index contributed by atoms with van der Waals surface area (Å²) in [7, 11) is 4.16. The molecule has 0 fully saturated rings. The van der Waals surface area contributed by atoms with E-state index in [-0.39, 0.29) is 23.1 Å². The smallest absolute Gasteiger partial charge is 0.245 e. The summed E-state index contributed by atoms with van der Waals surface area (Å²) in [5.41, 5.74) is 3.30. The first-order chi connectivity index (χ1) is 12.3. The molecule has 146 valence electrons. The number of benzene rings is 2. The molecule has 1 unspecified atom stereocenters. The van der Waals surface area contributed by atoms with Crippen molar-refractivity contribution >= 4 is 35.8 Å². The average molecular weight is 405 g/mol. The Kier molecular flexibility index (Phi) is 7.01. The van der Waals surface area contributed by atoms with Gasteiger partial charge in [0.05, 0.1) is 0 Å². The highest BCUT2D eigenvalue weighted by Crippen LogP contribution is 2.60. The molecule has 1 heterocycles. The summed E-state index contributed by atoms with van der Waals surface area (Å²) >= 11 is 1.79. The van der Waals surface area contributed by atoms with Gasteiger partial charge in [-0.1, -0.05) is 42.5 Å². The van der Waals surface area contributed by atoms with Gasteiger partial charge in [0.15, 0.2) is 0 Å². The Morgan fingerprint density at radius 3 is 2.22 bits per heavy atom. The van der Waals surface area contributed by atoms with Crippen molar-refractivity contribution in [1.29, 1.82) is 0 Å². The minimum atomic E-state index is -0.550. The van der Waals surface area contributed by atoms with Crippen LogP contribution in [0.2, 0.25) is 0 Å². The van der Waals surface area contributed by atoms with E-state index in [0.717, 1.165) is 25.1 Å². The number of hydrogen-bond acceptors (Lipinski definition) is 3. The molecule has 0 aliphatic carbocycles. The maximum Gasteiger partial charge on any atom is 0.245 e. The maximum absolute atomic E-state index is 13.5. The molecule has 2 aromatic rings. The van der Waals surface area contributed by atoms with Crippen LogP contribution in [-0.4, -0.2) is 31.4 Å². The number of halogens is 1. The van der Waals surface area contributed by atoms with Gasteiger partial charge in [-0.2, -0.15) is 0 Å². The molecule has 3 nitrogen and oxygen atoms in total. The number of fused-ring (bicyclic) bond motifs is 1. The van der Waals surface area contributed by atoms with Crippen LogP contribution in [0.3, 0.4) is 0 Å². The summed E-state index contributed by atoms with van der Waals surface area (Å²) in [6.45, 7) is 5.42. The van der Waals surface area contributed by atoms with Crippen LogP contribution in [0.4, 0.5) is 5.69 Å². The van der Waals surface area contributed by atoms with Gasteiger partial charge in [-0.05, 0) is 70.6 Å². The first kappa shape index (κ1) is 21.8. The zero-order chi connectivity index (χ0) is 18.8. The molecule has 1 N–H and O–H groups in total. The van der Waals surface area contributed by atoms with Crippen molar-refractivity contribution in [2.45, 2.75) is 36.2 Å². The lowest BCUT2D eigenvalue weighted by Crippen LogP contribution is -2.37. The highest BCUT2D eigenvalue weighted by atomic mass is 35.5. The Morgan fingerprint density at radius 2 is 1.59 bits per heavy atom. The van der Waals surface area contributed by atoms with E-state index >= 15 is 0 Å². The Hall–Kier alpha value is -1.49. The van der Waals surface area contributed by atoms with Crippen molar-refractivity contribution in [3.63, 3.8) is 0 Å². The Balaban J connectivity index is 0.00000261. The maximum atomic E-state index is 13.5. The van der Waals surface area contributed by atoms with Gasteiger partial charge in [0.1, 0.15) is 4.75 Å². The van der Waals surface area contributed by atoms with Crippen molar-refractivity contribution < 1.29 is 4.79 Å². The third-order valence-electron chi connectivity index (χ3n) is 4.97. The van der Waals surface area contributed by atoms with E-state index < -0.39 is 4.75 Å². The van der Waals surface area contributed by atoms with Crippen LogP contribution in [0.1, 0.15) is 37.8 Å². The summed E-state index contributed by atoms with van der Waals surface area (Å²) in [5.74, 6) is 0.0884. The molecular formula is C22H29ClN2OS. The van der Waals surface area contributed by atoms with E-state index in [4.69, 9.17) is 0 Å². The lowest BCUT2D eigenvalue weighted by Gasteiger charge is -2.31.